The number of fused-ring (bicyclic) bond motifs is 1. The summed E-state index contributed by atoms with van der Waals surface area (Å²) in [5, 5.41) is 1.61. The first kappa shape index (κ1) is 11.7. The molecule has 1 aliphatic heterocycles. The summed E-state index contributed by atoms with van der Waals surface area (Å²) in [6.07, 6.45) is 3.66. The average Bonchev–Trinajstić information content (AvgIpc) is 2.39. The van der Waals surface area contributed by atoms with E-state index in [1.807, 2.05) is 24.3 Å². The van der Waals surface area contributed by atoms with Gasteiger partial charge in [0.2, 0.25) is 0 Å². The van der Waals surface area contributed by atoms with E-state index in [2.05, 4.69) is 16.8 Å². The fourth-order valence-electron chi connectivity index (χ4n) is 2.51. The summed E-state index contributed by atoms with van der Waals surface area (Å²) >= 11 is 1.63. The van der Waals surface area contributed by atoms with E-state index in [9.17, 15) is 4.79 Å². The van der Waals surface area contributed by atoms with Crippen molar-refractivity contribution >= 4 is 26.6 Å². The molecule has 3 nitrogen and oxygen atoms in total. The lowest BCUT2D eigenvalue weighted by Crippen LogP contribution is -2.38. The molecular weight excluding hydrogens is 244 g/mol. The Bertz CT molecular complexity index is 622. The minimum atomic E-state index is -0.0999. The van der Waals surface area contributed by atoms with Gasteiger partial charge < -0.3 is 4.90 Å². The minimum absolute atomic E-state index is 0.0999. The molecule has 1 aromatic heterocycles. The molecule has 1 fully saturated rings. The van der Waals surface area contributed by atoms with Gasteiger partial charge in [-0.3, -0.25) is 4.79 Å². The summed E-state index contributed by atoms with van der Waals surface area (Å²) in [4.78, 5) is 18.6. The van der Waals surface area contributed by atoms with E-state index in [-0.39, 0.29) is 5.56 Å². The van der Waals surface area contributed by atoms with Gasteiger partial charge in [0.05, 0.1) is 5.39 Å². The first-order valence-corrected chi connectivity index (χ1v) is 7.24. The van der Waals surface area contributed by atoms with Crippen LogP contribution < -0.4 is 10.5 Å². The zero-order chi connectivity index (χ0) is 12.5. The van der Waals surface area contributed by atoms with Crippen LogP contribution in [-0.4, -0.2) is 17.6 Å². The highest BCUT2D eigenvalue weighted by atomic mass is 32.1. The topological polar surface area (TPSA) is 33.2 Å². The molecule has 2 aromatic rings. The van der Waals surface area contributed by atoms with Crippen LogP contribution in [0, 0.1) is 0 Å². The molecule has 1 aliphatic rings. The number of piperidine rings is 1. The second-order valence-corrected chi connectivity index (χ2v) is 5.85. The highest BCUT2D eigenvalue weighted by Gasteiger charge is 2.21. The molecule has 4 heteroatoms. The average molecular weight is 260 g/mol. The Kier molecular flexibility index (Phi) is 3.04. The summed E-state index contributed by atoms with van der Waals surface area (Å²) < 4.78 is 1.03. The fraction of sp³-hybridized carbons (Fsp3) is 0.429. The van der Waals surface area contributed by atoms with Crippen LogP contribution in [0.1, 0.15) is 26.2 Å². The lowest BCUT2D eigenvalue weighted by Gasteiger charge is -2.33. The second-order valence-electron chi connectivity index (χ2n) is 4.84. The van der Waals surface area contributed by atoms with Crippen molar-refractivity contribution < 1.29 is 0 Å². The van der Waals surface area contributed by atoms with Crippen molar-refractivity contribution in [2.75, 3.05) is 11.4 Å². The van der Waals surface area contributed by atoms with Crippen molar-refractivity contribution in [2.45, 2.75) is 32.2 Å². The molecule has 0 radical (unpaired) electrons. The minimum Gasteiger partial charge on any atom is -0.345 e. The van der Waals surface area contributed by atoms with Crippen LogP contribution in [0.3, 0.4) is 0 Å². The highest BCUT2D eigenvalue weighted by molar-refractivity contribution is 7.21. The molecule has 18 heavy (non-hydrogen) atoms. The van der Waals surface area contributed by atoms with Gasteiger partial charge in [-0.2, -0.15) is 4.98 Å². The summed E-state index contributed by atoms with van der Waals surface area (Å²) in [6, 6.07) is 8.21. The lowest BCUT2D eigenvalue weighted by atomic mass is 10.1. The molecule has 0 aliphatic carbocycles. The first-order chi connectivity index (χ1) is 8.75. The van der Waals surface area contributed by atoms with Crippen molar-refractivity contribution in [3.05, 3.63) is 34.6 Å². The zero-order valence-electron chi connectivity index (χ0n) is 10.4. The summed E-state index contributed by atoms with van der Waals surface area (Å²) in [5.41, 5.74) is -0.0999. The Morgan fingerprint density at radius 2 is 2.17 bits per heavy atom. The fourth-order valence-corrected chi connectivity index (χ4v) is 3.63. The Morgan fingerprint density at radius 1 is 1.33 bits per heavy atom. The molecule has 0 N–H and O–H groups in total. The molecule has 1 atom stereocenters. The monoisotopic (exact) mass is 260 g/mol. The third kappa shape index (κ3) is 2.01. The Labute approximate surface area is 110 Å². The van der Waals surface area contributed by atoms with Gasteiger partial charge in [-0.25, -0.2) is 0 Å². The summed E-state index contributed by atoms with van der Waals surface area (Å²) in [6.45, 7) is 3.23. The van der Waals surface area contributed by atoms with Crippen molar-refractivity contribution in [1.82, 2.24) is 4.98 Å². The van der Waals surface area contributed by atoms with Gasteiger partial charge in [0.15, 0.2) is 5.13 Å². The normalized spacial score (nSPS) is 20.3. The Hall–Kier alpha value is -1.42. The van der Waals surface area contributed by atoms with Gasteiger partial charge in [-0.15, -0.1) is 0 Å². The number of rotatable bonds is 1. The third-order valence-corrected chi connectivity index (χ3v) is 4.65. The van der Waals surface area contributed by atoms with Crippen LogP contribution in [0.2, 0.25) is 0 Å². The molecule has 0 amide bonds. The van der Waals surface area contributed by atoms with Crippen molar-refractivity contribution in [1.29, 1.82) is 0 Å². The summed E-state index contributed by atoms with van der Waals surface area (Å²) in [7, 11) is 0. The van der Waals surface area contributed by atoms with Crippen molar-refractivity contribution in [2.24, 2.45) is 0 Å². The predicted octanol–water partition coefficient (Wildman–Crippen LogP) is 3.04. The van der Waals surface area contributed by atoms with E-state index in [1.165, 1.54) is 19.3 Å². The number of benzene rings is 1. The predicted molar refractivity (Wildman–Crippen MR) is 76.5 cm³/mol. The van der Waals surface area contributed by atoms with Gasteiger partial charge in [0.1, 0.15) is 0 Å². The van der Waals surface area contributed by atoms with E-state index >= 15 is 0 Å². The number of nitrogens with zero attached hydrogens (tertiary/aromatic N) is 2. The maximum Gasteiger partial charge on any atom is 0.281 e. The number of anilines is 1. The molecular formula is C14H16N2OS. The molecule has 0 saturated carbocycles. The quantitative estimate of drug-likeness (QED) is 0.790. The standard InChI is InChI=1S/C14H16N2OS/c1-10-6-4-5-9-16(10)14-15-13(17)11-7-2-3-8-12(11)18-14/h2-3,7-8,10H,4-6,9H2,1H3. The van der Waals surface area contributed by atoms with E-state index in [0.717, 1.165) is 21.8 Å². The SMILES string of the molecule is CC1CCCCN1c1nc(=O)c2ccccc2s1. The summed E-state index contributed by atoms with van der Waals surface area (Å²) in [5.74, 6) is 0. The zero-order valence-corrected chi connectivity index (χ0v) is 11.2. The van der Waals surface area contributed by atoms with Gasteiger partial charge in [-0.1, -0.05) is 23.5 Å². The molecule has 94 valence electrons. The van der Waals surface area contributed by atoms with Gasteiger partial charge >= 0.3 is 0 Å². The van der Waals surface area contributed by atoms with Crippen molar-refractivity contribution in [3.8, 4) is 0 Å². The highest BCUT2D eigenvalue weighted by Crippen LogP contribution is 2.28. The van der Waals surface area contributed by atoms with Crippen LogP contribution in [0.5, 0.6) is 0 Å². The van der Waals surface area contributed by atoms with E-state index in [0.29, 0.717) is 6.04 Å². The smallest absolute Gasteiger partial charge is 0.281 e. The van der Waals surface area contributed by atoms with E-state index < -0.39 is 0 Å². The molecule has 3 rings (SSSR count). The van der Waals surface area contributed by atoms with Crippen LogP contribution in [0.4, 0.5) is 5.13 Å². The van der Waals surface area contributed by atoms with Gasteiger partial charge in [-0.05, 0) is 38.3 Å². The second kappa shape index (κ2) is 4.69. The van der Waals surface area contributed by atoms with E-state index in [1.54, 1.807) is 11.3 Å². The Balaban J connectivity index is 2.09. The third-order valence-electron chi connectivity index (χ3n) is 3.56. The maximum absolute atomic E-state index is 12.0. The molecule has 1 aromatic carbocycles. The largest absolute Gasteiger partial charge is 0.345 e. The number of hydrogen-bond donors (Lipinski definition) is 0. The lowest BCUT2D eigenvalue weighted by molar-refractivity contribution is 0.484. The molecule has 0 bridgehead atoms. The first-order valence-electron chi connectivity index (χ1n) is 6.42. The number of hydrogen-bond acceptors (Lipinski definition) is 4. The van der Waals surface area contributed by atoms with Crippen LogP contribution in [-0.2, 0) is 0 Å². The van der Waals surface area contributed by atoms with Crippen LogP contribution in [0.15, 0.2) is 29.1 Å². The van der Waals surface area contributed by atoms with Crippen molar-refractivity contribution in [3.63, 3.8) is 0 Å². The van der Waals surface area contributed by atoms with Gasteiger partial charge in [0, 0.05) is 17.3 Å². The Morgan fingerprint density at radius 3 is 3.00 bits per heavy atom. The molecule has 2 heterocycles. The molecule has 0 spiro atoms. The number of aromatic nitrogens is 1. The van der Waals surface area contributed by atoms with E-state index in [4.69, 9.17) is 0 Å². The van der Waals surface area contributed by atoms with Crippen LogP contribution in [0.25, 0.3) is 10.1 Å². The maximum atomic E-state index is 12.0. The molecule has 1 saturated heterocycles. The van der Waals surface area contributed by atoms with Crippen LogP contribution >= 0.6 is 11.3 Å². The van der Waals surface area contributed by atoms with Gasteiger partial charge in [0.25, 0.3) is 5.56 Å². The molecule has 1 unspecified atom stereocenters.